The van der Waals surface area contributed by atoms with Crippen LogP contribution in [0.3, 0.4) is 0 Å². The van der Waals surface area contributed by atoms with Crippen LogP contribution in [-0.2, 0) is 47.6 Å². The van der Waals surface area contributed by atoms with Crippen LogP contribution in [0.1, 0.15) is 34.6 Å². The second kappa shape index (κ2) is 14.3. The summed E-state index contributed by atoms with van der Waals surface area (Å²) in [5.41, 5.74) is 0. The van der Waals surface area contributed by atoms with Gasteiger partial charge in [-0.1, -0.05) is 0 Å². The Balaban J connectivity index is 5.65. The van der Waals surface area contributed by atoms with E-state index in [0.29, 0.717) is 0 Å². The molecule has 0 aromatic rings. The van der Waals surface area contributed by atoms with E-state index in [9.17, 15) is 19.2 Å². The molecule has 0 aliphatic heterocycles. The van der Waals surface area contributed by atoms with Gasteiger partial charge in [0.25, 0.3) is 0 Å². The van der Waals surface area contributed by atoms with Gasteiger partial charge in [-0.05, 0) is 25.7 Å². The van der Waals surface area contributed by atoms with Gasteiger partial charge in [-0.15, -0.1) is 0 Å². The third kappa shape index (κ3) is 15.6. The average Bonchev–Trinajstić information content (AvgIpc) is 2.58. The molecule has 0 spiro atoms. The zero-order valence-electron chi connectivity index (χ0n) is 19.6. The van der Waals surface area contributed by atoms with Crippen molar-refractivity contribution in [2.24, 2.45) is 0 Å². The molecule has 0 saturated heterocycles. The summed E-state index contributed by atoms with van der Waals surface area (Å²) < 4.78 is 32.2. The minimum atomic E-state index is -1.16. The van der Waals surface area contributed by atoms with Crippen LogP contribution >= 0.6 is 10.0 Å². The quantitative estimate of drug-likeness (QED) is 0.210. The summed E-state index contributed by atoms with van der Waals surface area (Å²) in [5.74, 6) is -1.55. The van der Waals surface area contributed by atoms with Crippen LogP contribution in [0.2, 0.25) is 0 Å². The maximum absolute atomic E-state index is 11.6. The number of esters is 4. The third-order valence-electron chi connectivity index (χ3n) is 3.68. The van der Waals surface area contributed by atoms with E-state index in [1.807, 2.05) is 0 Å². The molecule has 31 heavy (non-hydrogen) atoms. The molecular formula is C20H36O10S. The van der Waals surface area contributed by atoms with Crippen molar-refractivity contribution in [1.29, 1.82) is 0 Å². The molecule has 0 radical (unpaired) electrons. The lowest BCUT2D eigenvalue weighted by atomic mass is 10.2. The molecule has 182 valence electrons. The molecule has 0 heterocycles. The van der Waals surface area contributed by atoms with Crippen molar-refractivity contribution in [2.45, 2.75) is 59.2 Å². The zero-order valence-corrected chi connectivity index (χ0v) is 20.4. The fourth-order valence-electron chi connectivity index (χ4n) is 2.22. The lowest BCUT2D eigenvalue weighted by Gasteiger charge is -2.33. The number of carbonyl (C=O) groups is 4. The SMILES string of the molecule is CC(=O)OCC(OC(OCCS(C)(C)C)[C@H](COC(C)=O)OC(C)=O)[C@@H](C)OC(C)=O. The van der Waals surface area contributed by atoms with Crippen LogP contribution in [0.4, 0.5) is 0 Å². The molecular weight excluding hydrogens is 432 g/mol. The predicted molar refractivity (Wildman–Crippen MR) is 115 cm³/mol. The van der Waals surface area contributed by atoms with E-state index >= 15 is 0 Å². The molecule has 0 rings (SSSR count). The predicted octanol–water partition coefficient (Wildman–Crippen LogP) is 1.42. The summed E-state index contributed by atoms with van der Waals surface area (Å²) in [6.07, 6.45) is 2.37. The fourth-order valence-corrected chi connectivity index (χ4v) is 2.82. The van der Waals surface area contributed by atoms with E-state index in [1.165, 1.54) is 27.7 Å². The summed E-state index contributed by atoms with van der Waals surface area (Å²) in [5, 5.41) is 0. The first-order valence-electron chi connectivity index (χ1n) is 9.75. The van der Waals surface area contributed by atoms with Gasteiger partial charge in [0, 0.05) is 33.4 Å². The Hall–Kier alpha value is -1.85. The molecule has 0 aliphatic carbocycles. The first-order valence-corrected chi connectivity index (χ1v) is 12.8. The molecule has 0 aliphatic rings. The summed E-state index contributed by atoms with van der Waals surface area (Å²) in [7, 11) is -0.889. The van der Waals surface area contributed by atoms with Gasteiger partial charge in [-0.25, -0.2) is 10.0 Å². The molecule has 0 bridgehead atoms. The van der Waals surface area contributed by atoms with Crippen molar-refractivity contribution in [3.05, 3.63) is 0 Å². The molecule has 0 aromatic heterocycles. The topological polar surface area (TPSA) is 124 Å². The summed E-state index contributed by atoms with van der Waals surface area (Å²) in [6.45, 7) is 6.21. The molecule has 0 fully saturated rings. The van der Waals surface area contributed by atoms with Gasteiger partial charge in [0.2, 0.25) is 0 Å². The number of rotatable bonds is 14. The Labute approximate surface area is 185 Å². The lowest BCUT2D eigenvalue weighted by molar-refractivity contribution is -0.249. The molecule has 2 unspecified atom stereocenters. The van der Waals surface area contributed by atoms with Gasteiger partial charge in [-0.2, -0.15) is 0 Å². The van der Waals surface area contributed by atoms with Crippen LogP contribution in [0.25, 0.3) is 0 Å². The van der Waals surface area contributed by atoms with Gasteiger partial charge in [0.15, 0.2) is 12.4 Å². The van der Waals surface area contributed by atoms with Crippen LogP contribution < -0.4 is 0 Å². The van der Waals surface area contributed by atoms with Gasteiger partial charge >= 0.3 is 23.9 Å². The molecule has 10 nitrogen and oxygen atoms in total. The standard InChI is InChI=1S/C20H36O10S/c1-13(28-16(4)23)18(11-26-14(2)21)30-20(25-9-10-31(6,7)8)19(29-17(5)24)12-27-15(3)22/h13,18-20H,9-12H2,1-8H3/t13-,18?,19+,20?/m1/s1. The molecule has 11 heteroatoms. The van der Waals surface area contributed by atoms with Crippen LogP contribution in [0, 0.1) is 0 Å². The Morgan fingerprint density at radius 2 is 1.23 bits per heavy atom. The largest absolute Gasteiger partial charge is 0.463 e. The number of hydrogen-bond acceptors (Lipinski definition) is 10. The first-order chi connectivity index (χ1) is 14.2. The van der Waals surface area contributed by atoms with Crippen molar-refractivity contribution in [1.82, 2.24) is 0 Å². The second-order valence-corrected chi connectivity index (χ2v) is 12.4. The van der Waals surface area contributed by atoms with Crippen molar-refractivity contribution < 1.29 is 47.6 Å². The van der Waals surface area contributed by atoms with Gasteiger partial charge in [0.05, 0.1) is 6.61 Å². The highest BCUT2D eigenvalue weighted by molar-refractivity contribution is 8.32. The maximum atomic E-state index is 11.6. The monoisotopic (exact) mass is 468 g/mol. The molecule has 0 saturated carbocycles. The molecule has 0 amide bonds. The fraction of sp³-hybridized carbons (Fsp3) is 0.800. The van der Waals surface area contributed by atoms with E-state index in [1.54, 1.807) is 6.92 Å². The highest BCUT2D eigenvalue weighted by Gasteiger charge is 2.34. The average molecular weight is 469 g/mol. The summed E-state index contributed by atoms with van der Waals surface area (Å²) in [6, 6.07) is 0. The Morgan fingerprint density at radius 3 is 1.65 bits per heavy atom. The lowest BCUT2D eigenvalue weighted by Crippen LogP contribution is -2.46. The summed E-state index contributed by atoms with van der Waals surface area (Å²) >= 11 is 0. The Morgan fingerprint density at radius 1 is 0.742 bits per heavy atom. The van der Waals surface area contributed by atoms with Gasteiger partial charge < -0.3 is 28.4 Å². The Kier molecular flexibility index (Phi) is 13.4. The number of carbonyl (C=O) groups excluding carboxylic acids is 4. The van der Waals surface area contributed by atoms with Crippen molar-refractivity contribution in [3.8, 4) is 0 Å². The van der Waals surface area contributed by atoms with E-state index in [2.05, 4.69) is 18.8 Å². The van der Waals surface area contributed by atoms with Crippen molar-refractivity contribution in [2.75, 3.05) is 44.3 Å². The smallest absolute Gasteiger partial charge is 0.303 e. The van der Waals surface area contributed by atoms with E-state index < -0.39 is 58.5 Å². The highest BCUT2D eigenvalue weighted by Crippen LogP contribution is 2.33. The first kappa shape index (κ1) is 29.1. The van der Waals surface area contributed by atoms with Crippen molar-refractivity contribution in [3.63, 3.8) is 0 Å². The summed E-state index contributed by atoms with van der Waals surface area (Å²) in [4.78, 5) is 45.5. The van der Waals surface area contributed by atoms with Crippen LogP contribution in [-0.4, -0.2) is 92.8 Å². The van der Waals surface area contributed by atoms with Crippen LogP contribution in [0.5, 0.6) is 0 Å². The molecule has 0 N–H and O–H groups in total. The van der Waals surface area contributed by atoms with E-state index in [0.717, 1.165) is 5.75 Å². The van der Waals surface area contributed by atoms with Crippen LogP contribution in [0.15, 0.2) is 0 Å². The minimum Gasteiger partial charge on any atom is -0.463 e. The third-order valence-corrected chi connectivity index (χ3v) is 5.08. The molecule has 4 atom stereocenters. The Bertz CT molecular complexity index is 601. The van der Waals surface area contributed by atoms with Gasteiger partial charge in [0.1, 0.15) is 25.4 Å². The normalized spacial score (nSPS) is 15.7. The zero-order chi connectivity index (χ0) is 24.2. The van der Waals surface area contributed by atoms with Crippen molar-refractivity contribution >= 4 is 33.9 Å². The van der Waals surface area contributed by atoms with Gasteiger partial charge in [-0.3, -0.25) is 19.2 Å². The minimum absolute atomic E-state index is 0.228. The van der Waals surface area contributed by atoms with E-state index in [-0.39, 0.29) is 19.8 Å². The van der Waals surface area contributed by atoms with E-state index in [4.69, 9.17) is 28.4 Å². The maximum Gasteiger partial charge on any atom is 0.303 e. The second-order valence-electron chi connectivity index (χ2n) is 7.78. The highest BCUT2D eigenvalue weighted by atomic mass is 32.3. The number of ether oxygens (including phenoxy) is 6. The number of hydrogen-bond donors (Lipinski definition) is 0. The molecule has 0 aromatic carbocycles.